The van der Waals surface area contributed by atoms with Gasteiger partial charge in [0.1, 0.15) is 18.3 Å². The lowest BCUT2D eigenvalue weighted by molar-refractivity contribution is -0.0504. The Labute approximate surface area is 142 Å². The van der Waals surface area contributed by atoms with Crippen molar-refractivity contribution < 1.29 is 42.6 Å². The molecule has 3 heterocycles. The molecule has 0 amide bonds. The molecule has 1 unspecified atom stereocenters. The number of imidazole rings is 1. The number of nitrogens with one attached hydrogen (secondary N) is 1. The molecule has 0 aromatic carbocycles. The average molecular weight is 398 g/mol. The monoisotopic (exact) mass is 398 g/mol. The van der Waals surface area contributed by atoms with E-state index < -0.39 is 56.8 Å². The van der Waals surface area contributed by atoms with Crippen LogP contribution in [0.25, 0.3) is 11.2 Å². The smallest absolute Gasteiger partial charge is 0.387 e. The molecule has 2 aromatic heterocycles. The van der Waals surface area contributed by atoms with Crippen LogP contribution in [0.3, 0.4) is 0 Å². The number of fused-ring (bicyclic) bond motifs is 1. The molecule has 1 aliphatic heterocycles. The van der Waals surface area contributed by atoms with Gasteiger partial charge in [0, 0.05) is 0 Å². The van der Waals surface area contributed by atoms with Crippen molar-refractivity contribution in [3.05, 3.63) is 22.5 Å². The first-order valence-corrected chi connectivity index (χ1v) is 8.58. The minimum Gasteiger partial charge on any atom is -0.387 e. The number of halogens is 2. The van der Waals surface area contributed by atoms with Gasteiger partial charge >= 0.3 is 7.82 Å². The highest BCUT2D eigenvalue weighted by Crippen LogP contribution is 2.38. The first kappa shape index (κ1) is 19.0. The van der Waals surface area contributed by atoms with E-state index in [9.17, 15) is 28.4 Å². The van der Waals surface area contributed by atoms with Crippen LogP contribution in [-0.2, 0) is 13.8 Å². The van der Waals surface area contributed by atoms with Gasteiger partial charge in [0.15, 0.2) is 23.2 Å². The first-order valence-electron chi connectivity index (χ1n) is 7.05. The predicted molar refractivity (Wildman–Crippen MR) is 77.0 cm³/mol. The SMILES string of the molecule is O=c1[nH]c(C(F)F)nc2c1ncn2C1O[C@@H](COP(=O)(O)O)[C@H](O)[C@@H]1O. The third-order valence-corrected chi connectivity index (χ3v) is 4.16. The van der Waals surface area contributed by atoms with Gasteiger partial charge in [-0.05, 0) is 0 Å². The number of alkyl halides is 2. The van der Waals surface area contributed by atoms with Crippen molar-refractivity contribution in [3.63, 3.8) is 0 Å². The van der Waals surface area contributed by atoms with E-state index in [0.29, 0.717) is 0 Å². The zero-order valence-electron chi connectivity index (χ0n) is 12.6. The number of ether oxygens (including phenoxy) is 1. The lowest BCUT2D eigenvalue weighted by Gasteiger charge is -2.16. The van der Waals surface area contributed by atoms with E-state index in [0.717, 1.165) is 10.9 Å². The Kier molecular flexibility index (Phi) is 4.92. The molecule has 0 saturated carbocycles. The number of phosphoric ester groups is 1. The molecule has 26 heavy (non-hydrogen) atoms. The molecule has 0 spiro atoms. The topological polar surface area (TPSA) is 180 Å². The van der Waals surface area contributed by atoms with E-state index in [2.05, 4.69) is 14.5 Å². The number of aromatic amines is 1. The Bertz CT molecular complexity index is 913. The largest absolute Gasteiger partial charge is 0.469 e. The number of aromatic nitrogens is 4. The maximum absolute atomic E-state index is 12.8. The standard InChI is InChI=1S/C11H13F2N4O8P/c12-7(13)8-15-9-4(10(20)16-8)14-2-17(9)11-6(19)5(18)3(25-11)1-24-26(21,22)23/h2-3,5-7,11,18-19H,1H2,(H,15,16,20)(H2,21,22,23)/t3-,5-,6-,11?/m0/s1. The van der Waals surface area contributed by atoms with Crippen LogP contribution in [0.1, 0.15) is 18.5 Å². The maximum Gasteiger partial charge on any atom is 0.469 e. The normalized spacial score (nSPS) is 26.9. The third-order valence-electron chi connectivity index (χ3n) is 3.68. The van der Waals surface area contributed by atoms with Gasteiger partial charge in [0.05, 0.1) is 12.9 Å². The second-order valence-electron chi connectivity index (χ2n) is 5.41. The fraction of sp³-hybridized carbons (Fsp3) is 0.545. The molecule has 1 saturated heterocycles. The predicted octanol–water partition coefficient (Wildman–Crippen LogP) is -1.21. The van der Waals surface area contributed by atoms with Crippen molar-refractivity contribution >= 4 is 19.0 Å². The number of aliphatic hydroxyl groups excluding tert-OH is 2. The van der Waals surface area contributed by atoms with Gasteiger partial charge in [-0.3, -0.25) is 13.9 Å². The molecule has 4 atom stereocenters. The van der Waals surface area contributed by atoms with Gasteiger partial charge in [-0.2, -0.15) is 0 Å². The summed E-state index contributed by atoms with van der Waals surface area (Å²) in [6.07, 6.45) is -8.05. The van der Waals surface area contributed by atoms with E-state index >= 15 is 0 Å². The zero-order chi connectivity index (χ0) is 19.2. The van der Waals surface area contributed by atoms with Crippen LogP contribution in [0, 0.1) is 0 Å². The fourth-order valence-corrected chi connectivity index (χ4v) is 2.84. The van der Waals surface area contributed by atoms with Crippen LogP contribution < -0.4 is 5.56 Å². The second-order valence-corrected chi connectivity index (χ2v) is 6.65. The highest BCUT2D eigenvalue weighted by molar-refractivity contribution is 7.46. The molecule has 3 rings (SSSR count). The van der Waals surface area contributed by atoms with Crippen molar-refractivity contribution in [1.29, 1.82) is 0 Å². The summed E-state index contributed by atoms with van der Waals surface area (Å²) >= 11 is 0. The minimum absolute atomic E-state index is 0.297. The quantitative estimate of drug-likeness (QED) is 0.383. The van der Waals surface area contributed by atoms with Crippen LogP contribution in [0.4, 0.5) is 8.78 Å². The number of aliphatic hydroxyl groups is 2. The zero-order valence-corrected chi connectivity index (χ0v) is 13.5. The number of H-pyrrole nitrogens is 1. The number of nitrogens with zero attached hydrogens (tertiary/aromatic N) is 3. The van der Waals surface area contributed by atoms with Gasteiger partial charge in [-0.1, -0.05) is 0 Å². The molecule has 1 fully saturated rings. The van der Waals surface area contributed by atoms with E-state index in [1.807, 2.05) is 4.98 Å². The molecule has 5 N–H and O–H groups in total. The summed E-state index contributed by atoms with van der Waals surface area (Å²) in [4.78, 5) is 38.3. The van der Waals surface area contributed by atoms with Gasteiger partial charge in [-0.15, -0.1) is 0 Å². The Morgan fingerprint density at radius 1 is 1.38 bits per heavy atom. The highest BCUT2D eigenvalue weighted by Gasteiger charge is 2.45. The molecule has 0 aliphatic carbocycles. The molecule has 0 bridgehead atoms. The van der Waals surface area contributed by atoms with Crippen molar-refractivity contribution in [2.45, 2.75) is 31.0 Å². The van der Waals surface area contributed by atoms with E-state index in [-0.39, 0.29) is 11.2 Å². The Morgan fingerprint density at radius 3 is 2.69 bits per heavy atom. The van der Waals surface area contributed by atoms with E-state index in [1.54, 1.807) is 0 Å². The summed E-state index contributed by atoms with van der Waals surface area (Å²) in [7, 11) is -4.84. The lowest BCUT2D eigenvalue weighted by atomic mass is 10.1. The summed E-state index contributed by atoms with van der Waals surface area (Å²) in [5, 5.41) is 20.0. The summed E-state index contributed by atoms with van der Waals surface area (Å²) in [5.41, 5.74) is -1.55. The lowest BCUT2D eigenvalue weighted by Crippen LogP contribution is -2.33. The van der Waals surface area contributed by atoms with Crippen molar-refractivity contribution in [3.8, 4) is 0 Å². The average Bonchev–Trinajstić information content (AvgIpc) is 3.08. The molecule has 0 radical (unpaired) electrons. The second kappa shape index (κ2) is 6.74. The summed E-state index contributed by atoms with van der Waals surface area (Å²) in [6, 6.07) is 0. The maximum atomic E-state index is 12.8. The van der Waals surface area contributed by atoms with Gasteiger partial charge in [0.2, 0.25) is 0 Å². The van der Waals surface area contributed by atoms with Crippen molar-refractivity contribution in [1.82, 2.24) is 19.5 Å². The van der Waals surface area contributed by atoms with Crippen LogP contribution >= 0.6 is 7.82 Å². The molecule has 12 nitrogen and oxygen atoms in total. The molecular formula is C11H13F2N4O8P. The van der Waals surface area contributed by atoms with Gasteiger partial charge in [0.25, 0.3) is 12.0 Å². The van der Waals surface area contributed by atoms with Gasteiger partial charge in [-0.25, -0.2) is 23.3 Å². The van der Waals surface area contributed by atoms with Crippen LogP contribution in [0.15, 0.2) is 11.1 Å². The van der Waals surface area contributed by atoms with Crippen molar-refractivity contribution in [2.75, 3.05) is 6.61 Å². The van der Waals surface area contributed by atoms with Crippen molar-refractivity contribution in [2.24, 2.45) is 0 Å². The third kappa shape index (κ3) is 3.53. The molecular weight excluding hydrogens is 385 g/mol. The summed E-state index contributed by atoms with van der Waals surface area (Å²) < 4.78 is 46.9. The fourth-order valence-electron chi connectivity index (χ4n) is 2.50. The molecule has 144 valence electrons. The highest BCUT2D eigenvalue weighted by atomic mass is 31.2. The summed E-state index contributed by atoms with van der Waals surface area (Å²) in [5.74, 6) is -0.918. The van der Waals surface area contributed by atoms with Crippen LogP contribution in [-0.4, -0.2) is 64.4 Å². The molecule has 15 heteroatoms. The van der Waals surface area contributed by atoms with Crippen LogP contribution in [0.2, 0.25) is 0 Å². The van der Waals surface area contributed by atoms with E-state index in [1.165, 1.54) is 0 Å². The molecule has 1 aliphatic rings. The Morgan fingerprint density at radius 2 is 2.08 bits per heavy atom. The number of rotatable bonds is 5. The first-order chi connectivity index (χ1) is 12.1. The Balaban J connectivity index is 1.93. The van der Waals surface area contributed by atoms with Crippen LogP contribution in [0.5, 0.6) is 0 Å². The number of hydrogen-bond donors (Lipinski definition) is 5. The molecule has 2 aromatic rings. The number of hydrogen-bond acceptors (Lipinski definition) is 8. The van der Waals surface area contributed by atoms with Gasteiger partial charge < -0.3 is 29.7 Å². The number of phosphoric acid groups is 1. The summed E-state index contributed by atoms with van der Waals surface area (Å²) in [6.45, 7) is -0.748. The Hall–Kier alpha value is -1.80. The van der Waals surface area contributed by atoms with E-state index in [4.69, 9.17) is 14.5 Å². The minimum atomic E-state index is -4.84.